The van der Waals surface area contributed by atoms with Crippen LogP contribution in [0.1, 0.15) is 128 Å². The van der Waals surface area contributed by atoms with Gasteiger partial charge in [0.2, 0.25) is 0 Å². The fourth-order valence-electron chi connectivity index (χ4n) is 4.71. The van der Waals surface area contributed by atoms with E-state index >= 15 is 0 Å². The summed E-state index contributed by atoms with van der Waals surface area (Å²) in [5.41, 5.74) is 10.1. The van der Waals surface area contributed by atoms with Crippen LogP contribution in [0, 0.1) is 0 Å². The summed E-state index contributed by atoms with van der Waals surface area (Å²) in [5, 5.41) is 0. The summed E-state index contributed by atoms with van der Waals surface area (Å²) in [6.07, 6.45) is 16.2. The van der Waals surface area contributed by atoms with Crippen molar-refractivity contribution in [3.63, 3.8) is 0 Å². The monoisotopic (exact) mass is 488 g/mol. The first-order valence-corrected chi connectivity index (χ1v) is 15.0. The van der Waals surface area contributed by atoms with Gasteiger partial charge in [-0.15, -0.1) is 0 Å². The molecule has 0 aromatic heterocycles. The van der Waals surface area contributed by atoms with Crippen LogP contribution in [-0.2, 0) is 25.7 Å². The minimum atomic E-state index is 1.01. The van der Waals surface area contributed by atoms with Gasteiger partial charge in [-0.2, -0.15) is 0 Å². The number of aliphatic imine (C=N–C) groups is 2. The van der Waals surface area contributed by atoms with Gasteiger partial charge in [0.25, 0.3) is 0 Å². The molecule has 2 heteroatoms. The van der Waals surface area contributed by atoms with Crippen LogP contribution in [0.3, 0.4) is 0 Å². The third-order valence-electron chi connectivity index (χ3n) is 7.10. The predicted molar refractivity (Wildman–Crippen MR) is 162 cm³/mol. The smallest absolute Gasteiger partial charge is 0.0639 e. The summed E-state index contributed by atoms with van der Waals surface area (Å²) >= 11 is 0. The average molecular weight is 489 g/mol. The first kappa shape index (κ1) is 30.0. The van der Waals surface area contributed by atoms with Crippen LogP contribution in [0.5, 0.6) is 0 Å². The van der Waals surface area contributed by atoms with Crippen molar-refractivity contribution in [3.8, 4) is 0 Å². The third-order valence-corrected chi connectivity index (χ3v) is 7.10. The maximum atomic E-state index is 5.34. The van der Waals surface area contributed by atoms with Crippen molar-refractivity contribution >= 4 is 22.8 Å². The Labute approximate surface area is 222 Å². The minimum absolute atomic E-state index is 1.01. The second-order valence-corrected chi connectivity index (χ2v) is 10.2. The Kier molecular flexibility index (Phi) is 14.4. The van der Waals surface area contributed by atoms with E-state index in [4.69, 9.17) is 9.98 Å². The lowest BCUT2D eigenvalue weighted by Crippen LogP contribution is -2.14. The number of rotatable bonds is 17. The van der Waals surface area contributed by atoms with Crippen molar-refractivity contribution in [1.82, 2.24) is 0 Å². The summed E-state index contributed by atoms with van der Waals surface area (Å²) in [5.74, 6) is 0. The van der Waals surface area contributed by atoms with Gasteiger partial charge in [0, 0.05) is 0 Å². The average Bonchev–Trinajstić information content (AvgIpc) is 2.91. The highest BCUT2D eigenvalue weighted by Gasteiger charge is 2.12. The molecule has 2 aromatic carbocycles. The van der Waals surface area contributed by atoms with E-state index in [-0.39, 0.29) is 0 Å². The predicted octanol–water partition coefficient (Wildman–Crippen LogP) is 10.7. The van der Waals surface area contributed by atoms with Crippen molar-refractivity contribution in [1.29, 1.82) is 0 Å². The Morgan fingerprint density at radius 1 is 0.444 bits per heavy atom. The molecule has 2 nitrogen and oxygen atoms in total. The molecule has 0 spiro atoms. The molecule has 2 aromatic rings. The number of aryl methyl sites for hydroxylation is 4. The van der Waals surface area contributed by atoms with E-state index in [0.29, 0.717) is 0 Å². The normalized spacial score (nSPS) is 12.4. The topological polar surface area (TPSA) is 24.7 Å². The molecule has 2 rings (SSSR count). The molecule has 36 heavy (non-hydrogen) atoms. The lowest BCUT2D eigenvalue weighted by molar-refractivity contribution is 0.678. The first-order chi connectivity index (χ1) is 17.6. The van der Waals surface area contributed by atoms with Crippen LogP contribution in [-0.4, -0.2) is 11.4 Å². The van der Waals surface area contributed by atoms with Crippen molar-refractivity contribution in [2.45, 2.75) is 131 Å². The molecule has 0 saturated carbocycles. The molecule has 0 fully saturated rings. The second kappa shape index (κ2) is 17.3. The van der Waals surface area contributed by atoms with Crippen molar-refractivity contribution in [2.75, 3.05) is 0 Å². The maximum absolute atomic E-state index is 5.34. The zero-order valence-electron chi connectivity index (χ0n) is 24.3. The highest BCUT2D eigenvalue weighted by molar-refractivity contribution is 6.43. The molecule has 0 aliphatic carbocycles. The Morgan fingerprint density at radius 3 is 1.06 bits per heavy atom. The van der Waals surface area contributed by atoms with E-state index < -0.39 is 0 Å². The lowest BCUT2D eigenvalue weighted by Gasteiger charge is -2.13. The highest BCUT2D eigenvalue weighted by Crippen LogP contribution is 2.24. The van der Waals surface area contributed by atoms with Crippen LogP contribution >= 0.6 is 0 Å². The summed E-state index contributed by atoms with van der Waals surface area (Å²) in [7, 11) is 0. The molecule has 0 bridgehead atoms. The summed E-state index contributed by atoms with van der Waals surface area (Å²) in [6.45, 7) is 13.5. The van der Waals surface area contributed by atoms with E-state index in [1.165, 1.54) is 85.0 Å². The Morgan fingerprint density at radius 2 is 0.778 bits per heavy atom. The minimum Gasteiger partial charge on any atom is -0.252 e. The molecule has 0 aliphatic heterocycles. The molecule has 0 heterocycles. The van der Waals surface area contributed by atoms with E-state index in [1.807, 2.05) is 0 Å². The fraction of sp³-hybridized carbons (Fsp3) is 0.588. The molecule has 0 radical (unpaired) electrons. The zero-order valence-corrected chi connectivity index (χ0v) is 24.3. The molecular formula is C34H52N2. The number of benzene rings is 2. The van der Waals surface area contributed by atoms with Crippen molar-refractivity contribution in [2.24, 2.45) is 9.98 Å². The maximum Gasteiger partial charge on any atom is 0.0639 e. The molecule has 0 saturated heterocycles. The van der Waals surface area contributed by atoms with Crippen LogP contribution in [0.25, 0.3) is 0 Å². The zero-order chi connectivity index (χ0) is 26.2. The SMILES string of the molecule is CCCCCCC(=Nc1cc(CC)cc(CC)c1)C(CCCCCC)=Nc1cc(CC)cc(CC)c1. The summed E-state index contributed by atoms with van der Waals surface area (Å²) < 4.78 is 0. The first-order valence-electron chi connectivity index (χ1n) is 15.0. The Hall–Kier alpha value is -2.22. The van der Waals surface area contributed by atoms with Gasteiger partial charge >= 0.3 is 0 Å². The van der Waals surface area contributed by atoms with E-state index in [9.17, 15) is 0 Å². The highest BCUT2D eigenvalue weighted by atomic mass is 14.8. The second-order valence-electron chi connectivity index (χ2n) is 10.2. The van der Waals surface area contributed by atoms with Gasteiger partial charge in [0.1, 0.15) is 0 Å². The van der Waals surface area contributed by atoms with Crippen molar-refractivity contribution < 1.29 is 0 Å². The van der Waals surface area contributed by atoms with E-state index in [1.54, 1.807) is 0 Å². The van der Waals surface area contributed by atoms with Crippen LogP contribution in [0.2, 0.25) is 0 Å². The van der Waals surface area contributed by atoms with Crippen LogP contribution in [0.15, 0.2) is 46.4 Å². The fourth-order valence-corrected chi connectivity index (χ4v) is 4.71. The van der Waals surface area contributed by atoms with Gasteiger partial charge < -0.3 is 0 Å². The molecule has 0 aliphatic rings. The molecule has 198 valence electrons. The standard InChI is InChI=1S/C34H52N2/c1-7-13-15-17-19-33(35-31-23-27(9-3)21-28(10-4)24-31)34(20-18-16-14-8-2)36-32-25-29(11-5)22-30(12-6)26-32/h21-26H,7-20H2,1-6H3. The van der Waals surface area contributed by atoms with Gasteiger partial charge in [0.15, 0.2) is 0 Å². The molecule has 0 N–H and O–H groups in total. The van der Waals surface area contributed by atoms with Crippen molar-refractivity contribution in [3.05, 3.63) is 58.7 Å². The number of unbranched alkanes of at least 4 members (excludes halogenated alkanes) is 6. The summed E-state index contributed by atoms with van der Waals surface area (Å²) in [6, 6.07) is 13.8. The van der Waals surface area contributed by atoms with Crippen LogP contribution < -0.4 is 0 Å². The van der Waals surface area contributed by atoms with Crippen LogP contribution in [0.4, 0.5) is 11.4 Å². The molecule has 0 atom stereocenters. The largest absolute Gasteiger partial charge is 0.252 e. The molecular weight excluding hydrogens is 436 g/mol. The van der Waals surface area contributed by atoms with Gasteiger partial charge in [0.05, 0.1) is 22.8 Å². The Balaban J connectivity index is 2.55. The van der Waals surface area contributed by atoms with Gasteiger partial charge in [-0.3, -0.25) is 9.98 Å². The number of hydrogen-bond donors (Lipinski definition) is 0. The van der Waals surface area contributed by atoms with Gasteiger partial charge in [-0.25, -0.2) is 0 Å². The van der Waals surface area contributed by atoms with Gasteiger partial charge in [-0.1, -0.05) is 92.2 Å². The molecule has 0 unspecified atom stereocenters. The van der Waals surface area contributed by atoms with Gasteiger partial charge in [-0.05, 0) is 97.9 Å². The summed E-state index contributed by atoms with van der Waals surface area (Å²) in [4.78, 5) is 10.7. The lowest BCUT2D eigenvalue weighted by atomic mass is 10.00. The van der Waals surface area contributed by atoms with E-state index in [0.717, 1.165) is 49.9 Å². The number of nitrogens with zero attached hydrogens (tertiary/aromatic N) is 2. The Bertz CT molecular complexity index is 843. The number of hydrogen-bond acceptors (Lipinski definition) is 2. The third kappa shape index (κ3) is 10.4. The quantitative estimate of drug-likeness (QED) is 0.156. The van der Waals surface area contributed by atoms with E-state index in [2.05, 4.69) is 77.9 Å². The molecule has 0 amide bonds.